The zero-order valence-corrected chi connectivity index (χ0v) is 15.2. The lowest BCUT2D eigenvalue weighted by Crippen LogP contribution is -2.44. The van der Waals surface area contributed by atoms with E-state index in [4.69, 9.17) is 0 Å². The Balaban J connectivity index is 1.57. The van der Waals surface area contributed by atoms with Crippen LogP contribution in [0.4, 0.5) is 0 Å². The molecule has 1 aromatic carbocycles. The summed E-state index contributed by atoms with van der Waals surface area (Å²) in [7, 11) is 0. The van der Waals surface area contributed by atoms with Gasteiger partial charge in [-0.1, -0.05) is 18.2 Å². The fourth-order valence-electron chi connectivity index (χ4n) is 3.19. The first-order valence-electron chi connectivity index (χ1n) is 8.47. The number of benzene rings is 1. The summed E-state index contributed by atoms with van der Waals surface area (Å²) in [5.74, 6) is -0.338. The highest BCUT2D eigenvalue weighted by Crippen LogP contribution is 2.39. The van der Waals surface area contributed by atoms with E-state index in [-0.39, 0.29) is 11.7 Å². The molecule has 1 saturated heterocycles. The Hall–Kier alpha value is -3.53. The average molecular weight is 391 g/mol. The number of nitrogens with one attached hydrogen (secondary N) is 1. The predicted molar refractivity (Wildman–Crippen MR) is 102 cm³/mol. The highest BCUT2D eigenvalue weighted by Gasteiger charge is 2.36. The van der Waals surface area contributed by atoms with Crippen molar-refractivity contribution in [3.8, 4) is 0 Å². The molecule has 0 aliphatic carbocycles. The van der Waals surface area contributed by atoms with Crippen LogP contribution in [-0.2, 0) is 4.79 Å². The van der Waals surface area contributed by atoms with E-state index in [1.54, 1.807) is 22.8 Å². The highest BCUT2D eigenvalue weighted by atomic mass is 32.2. The van der Waals surface area contributed by atoms with Crippen LogP contribution in [0.15, 0.2) is 54.9 Å². The molecule has 4 aromatic rings. The van der Waals surface area contributed by atoms with Crippen LogP contribution in [0.2, 0.25) is 0 Å². The van der Waals surface area contributed by atoms with Gasteiger partial charge in [0.05, 0.1) is 16.8 Å². The standard InChI is InChI=1S/C18H13N7O2S/c26-15-10-28-18(25(15)21-17(27)12-5-3-7-19-9-12)13-8-11-4-1-2-6-14(11)24-16(13)20-22-23-24/h1-9,18H,10H2,(H,21,27). The van der Waals surface area contributed by atoms with Gasteiger partial charge >= 0.3 is 0 Å². The zero-order valence-electron chi connectivity index (χ0n) is 14.4. The van der Waals surface area contributed by atoms with E-state index in [1.807, 2.05) is 30.3 Å². The number of nitrogens with zero attached hydrogens (tertiary/aromatic N) is 6. The minimum Gasteiger partial charge on any atom is -0.272 e. The maximum Gasteiger partial charge on any atom is 0.271 e. The number of hydrazine groups is 1. The number of aromatic nitrogens is 5. The molecule has 0 radical (unpaired) electrons. The van der Waals surface area contributed by atoms with Gasteiger partial charge in [-0.15, -0.1) is 16.9 Å². The molecule has 138 valence electrons. The van der Waals surface area contributed by atoms with Crippen molar-refractivity contribution in [2.45, 2.75) is 5.37 Å². The normalized spacial score (nSPS) is 16.8. The lowest BCUT2D eigenvalue weighted by atomic mass is 10.1. The molecule has 1 unspecified atom stereocenters. The van der Waals surface area contributed by atoms with Crippen LogP contribution in [0, 0.1) is 0 Å². The monoisotopic (exact) mass is 391 g/mol. The molecule has 10 heteroatoms. The summed E-state index contributed by atoms with van der Waals surface area (Å²) in [6.07, 6.45) is 3.04. The Morgan fingerprint density at radius 3 is 2.96 bits per heavy atom. The van der Waals surface area contributed by atoms with Crippen molar-refractivity contribution in [3.05, 3.63) is 66.0 Å². The summed E-state index contributed by atoms with van der Waals surface area (Å²) in [5, 5.41) is 13.9. The fourth-order valence-corrected chi connectivity index (χ4v) is 4.30. The van der Waals surface area contributed by atoms with Crippen molar-refractivity contribution < 1.29 is 9.59 Å². The van der Waals surface area contributed by atoms with Gasteiger partial charge in [0.15, 0.2) is 5.65 Å². The molecule has 1 aliphatic heterocycles. The van der Waals surface area contributed by atoms with E-state index in [9.17, 15) is 9.59 Å². The molecule has 5 rings (SSSR count). The lowest BCUT2D eigenvalue weighted by molar-refractivity contribution is -0.130. The van der Waals surface area contributed by atoms with Crippen LogP contribution < -0.4 is 5.43 Å². The summed E-state index contributed by atoms with van der Waals surface area (Å²) >= 11 is 1.41. The van der Waals surface area contributed by atoms with Gasteiger partial charge in [-0.25, -0.2) is 5.01 Å². The quantitative estimate of drug-likeness (QED) is 0.565. The Kier molecular flexibility index (Phi) is 3.90. The Labute approximate surface area is 162 Å². The Morgan fingerprint density at radius 1 is 1.21 bits per heavy atom. The summed E-state index contributed by atoms with van der Waals surface area (Å²) in [6, 6.07) is 13.0. The lowest BCUT2D eigenvalue weighted by Gasteiger charge is -2.24. The average Bonchev–Trinajstić information content (AvgIpc) is 3.36. The van der Waals surface area contributed by atoms with Crippen LogP contribution in [0.3, 0.4) is 0 Å². The Morgan fingerprint density at radius 2 is 2.11 bits per heavy atom. The third-order valence-electron chi connectivity index (χ3n) is 4.48. The summed E-state index contributed by atoms with van der Waals surface area (Å²) < 4.78 is 1.65. The molecule has 0 spiro atoms. The van der Waals surface area contributed by atoms with E-state index in [2.05, 4.69) is 25.9 Å². The second kappa shape index (κ2) is 6.57. The Bertz CT molecular complexity index is 1210. The molecule has 0 bridgehead atoms. The van der Waals surface area contributed by atoms with Crippen molar-refractivity contribution >= 4 is 40.1 Å². The minimum atomic E-state index is -0.439. The van der Waals surface area contributed by atoms with Gasteiger partial charge in [-0.05, 0) is 34.7 Å². The number of hydrogen-bond donors (Lipinski definition) is 1. The number of pyridine rings is 2. The van der Waals surface area contributed by atoms with Crippen molar-refractivity contribution in [3.63, 3.8) is 0 Å². The van der Waals surface area contributed by atoms with E-state index in [1.165, 1.54) is 23.0 Å². The number of amides is 2. The third-order valence-corrected chi connectivity index (χ3v) is 5.68. The topological polar surface area (TPSA) is 105 Å². The van der Waals surface area contributed by atoms with Crippen LogP contribution in [-0.4, -0.2) is 47.6 Å². The summed E-state index contributed by atoms with van der Waals surface area (Å²) in [6.45, 7) is 0. The van der Waals surface area contributed by atoms with Crippen molar-refractivity contribution in [1.82, 2.24) is 35.5 Å². The van der Waals surface area contributed by atoms with Gasteiger partial charge in [-0.3, -0.25) is 20.0 Å². The first kappa shape index (κ1) is 16.6. The van der Waals surface area contributed by atoms with Gasteiger partial charge < -0.3 is 0 Å². The van der Waals surface area contributed by atoms with Crippen molar-refractivity contribution in [1.29, 1.82) is 0 Å². The first-order chi connectivity index (χ1) is 13.7. The molecule has 2 amide bonds. The summed E-state index contributed by atoms with van der Waals surface area (Å²) in [5.41, 5.74) is 5.25. The van der Waals surface area contributed by atoms with Gasteiger partial charge in [0.2, 0.25) is 0 Å². The fraction of sp³-hybridized carbons (Fsp3) is 0.111. The molecule has 0 saturated carbocycles. The SMILES string of the molecule is O=C(NN1C(=O)CSC1c1cc2ccccc2n2nnnc12)c1cccnc1. The molecule has 3 aromatic heterocycles. The number of fused-ring (bicyclic) bond motifs is 3. The summed E-state index contributed by atoms with van der Waals surface area (Å²) in [4.78, 5) is 29.0. The third kappa shape index (κ3) is 2.65. The number of carbonyl (C=O) groups is 2. The molecule has 9 nitrogen and oxygen atoms in total. The van der Waals surface area contributed by atoms with E-state index >= 15 is 0 Å². The van der Waals surface area contributed by atoms with Crippen molar-refractivity contribution in [2.75, 3.05) is 5.75 Å². The zero-order chi connectivity index (χ0) is 19.1. The second-order valence-electron chi connectivity index (χ2n) is 6.18. The predicted octanol–water partition coefficient (Wildman–Crippen LogP) is 1.59. The first-order valence-corrected chi connectivity index (χ1v) is 9.51. The smallest absolute Gasteiger partial charge is 0.271 e. The molecular formula is C18H13N7O2S. The number of carbonyl (C=O) groups excluding carboxylic acids is 2. The second-order valence-corrected chi connectivity index (χ2v) is 7.25. The van der Waals surface area contributed by atoms with E-state index < -0.39 is 11.3 Å². The van der Waals surface area contributed by atoms with Crippen LogP contribution >= 0.6 is 11.8 Å². The molecule has 4 heterocycles. The molecule has 1 N–H and O–H groups in total. The van der Waals surface area contributed by atoms with Gasteiger partial charge in [-0.2, -0.15) is 4.52 Å². The number of thioether (sulfide) groups is 1. The molecule has 1 atom stereocenters. The number of hydrogen-bond acceptors (Lipinski definition) is 7. The molecule has 1 fully saturated rings. The largest absolute Gasteiger partial charge is 0.272 e. The maximum atomic E-state index is 12.5. The highest BCUT2D eigenvalue weighted by molar-refractivity contribution is 8.00. The molecule has 28 heavy (non-hydrogen) atoms. The van der Waals surface area contributed by atoms with Crippen LogP contribution in [0.5, 0.6) is 0 Å². The molecule has 1 aliphatic rings. The van der Waals surface area contributed by atoms with Gasteiger partial charge in [0, 0.05) is 23.3 Å². The number of tetrazole rings is 1. The number of rotatable bonds is 3. The number of para-hydroxylation sites is 1. The van der Waals surface area contributed by atoms with Crippen LogP contribution in [0.25, 0.3) is 16.6 Å². The maximum absolute atomic E-state index is 12.5. The van der Waals surface area contributed by atoms with Crippen LogP contribution in [0.1, 0.15) is 21.3 Å². The minimum absolute atomic E-state index is 0.189. The van der Waals surface area contributed by atoms with E-state index in [0.29, 0.717) is 11.2 Å². The van der Waals surface area contributed by atoms with Crippen molar-refractivity contribution in [2.24, 2.45) is 0 Å². The van der Waals surface area contributed by atoms with Gasteiger partial charge in [0.25, 0.3) is 11.8 Å². The van der Waals surface area contributed by atoms with Gasteiger partial charge in [0.1, 0.15) is 5.37 Å². The van der Waals surface area contributed by atoms with E-state index in [0.717, 1.165) is 16.5 Å². The molecular weight excluding hydrogens is 378 g/mol.